The zero-order valence-electron chi connectivity index (χ0n) is 12.7. The van der Waals surface area contributed by atoms with Crippen molar-refractivity contribution >= 4 is 23.8 Å². The molecule has 0 saturated carbocycles. The molecule has 0 aliphatic carbocycles. The average molecular weight is 302 g/mol. The molecule has 0 fully saturated rings. The predicted octanol–water partition coefficient (Wildman–Crippen LogP) is -0.488. The highest BCUT2D eigenvalue weighted by atomic mass is 16.5. The minimum atomic E-state index is -0.775. The first-order valence-electron chi connectivity index (χ1n) is 6.51. The van der Waals surface area contributed by atoms with E-state index in [1.54, 1.807) is 0 Å². The SMILES string of the molecule is COC(=O)C(CCCC(NC(C)=O)C(=O)OC)NC(C)=O. The normalized spacial score (nSPS) is 12.8. The van der Waals surface area contributed by atoms with Crippen LogP contribution in [0.3, 0.4) is 0 Å². The number of ether oxygens (including phenoxy) is 2. The third-order valence-electron chi connectivity index (χ3n) is 2.71. The van der Waals surface area contributed by atoms with E-state index in [-0.39, 0.29) is 11.8 Å². The van der Waals surface area contributed by atoms with Gasteiger partial charge in [0.25, 0.3) is 0 Å². The Bertz CT molecular complexity index is 360. The van der Waals surface area contributed by atoms with Crippen LogP contribution in [0.15, 0.2) is 0 Å². The molecule has 8 heteroatoms. The smallest absolute Gasteiger partial charge is 0.328 e. The van der Waals surface area contributed by atoms with E-state index in [4.69, 9.17) is 0 Å². The van der Waals surface area contributed by atoms with Crippen molar-refractivity contribution in [2.24, 2.45) is 0 Å². The first kappa shape index (κ1) is 18.9. The quantitative estimate of drug-likeness (QED) is 0.585. The van der Waals surface area contributed by atoms with Gasteiger partial charge in [0.1, 0.15) is 12.1 Å². The maximum absolute atomic E-state index is 11.5. The molecule has 2 unspecified atom stereocenters. The summed E-state index contributed by atoms with van der Waals surface area (Å²) in [5.41, 5.74) is 0. The Morgan fingerprint density at radius 2 is 1.14 bits per heavy atom. The first-order valence-corrected chi connectivity index (χ1v) is 6.51. The van der Waals surface area contributed by atoms with Gasteiger partial charge in [-0.3, -0.25) is 9.59 Å². The number of amides is 2. The number of methoxy groups -OCH3 is 2. The Labute approximate surface area is 123 Å². The molecule has 0 aliphatic rings. The lowest BCUT2D eigenvalue weighted by Crippen LogP contribution is -2.42. The summed E-state index contributed by atoms with van der Waals surface area (Å²) >= 11 is 0. The molecule has 2 amide bonds. The van der Waals surface area contributed by atoms with Crippen molar-refractivity contribution < 1.29 is 28.7 Å². The van der Waals surface area contributed by atoms with Crippen LogP contribution in [0.2, 0.25) is 0 Å². The van der Waals surface area contributed by atoms with Crippen LogP contribution in [0.1, 0.15) is 33.1 Å². The number of rotatable bonds is 8. The number of hydrogen-bond donors (Lipinski definition) is 2. The second kappa shape index (κ2) is 9.73. The summed E-state index contributed by atoms with van der Waals surface area (Å²) < 4.78 is 9.18. The second-order valence-electron chi connectivity index (χ2n) is 4.48. The molecule has 2 N–H and O–H groups in total. The number of carbonyl (C=O) groups is 4. The van der Waals surface area contributed by atoms with E-state index < -0.39 is 24.0 Å². The van der Waals surface area contributed by atoms with Gasteiger partial charge in [-0.25, -0.2) is 9.59 Å². The number of carbonyl (C=O) groups excluding carboxylic acids is 4. The van der Waals surface area contributed by atoms with Crippen molar-refractivity contribution in [3.63, 3.8) is 0 Å². The maximum atomic E-state index is 11.5. The Balaban J connectivity index is 4.49. The van der Waals surface area contributed by atoms with Crippen LogP contribution in [-0.2, 0) is 28.7 Å². The van der Waals surface area contributed by atoms with Gasteiger partial charge in [-0.1, -0.05) is 0 Å². The summed E-state index contributed by atoms with van der Waals surface area (Å²) in [5.74, 6) is -1.81. The summed E-state index contributed by atoms with van der Waals surface area (Å²) in [6.45, 7) is 2.59. The molecule has 8 nitrogen and oxygen atoms in total. The lowest BCUT2D eigenvalue weighted by atomic mass is 10.1. The molecule has 2 atom stereocenters. The third kappa shape index (κ3) is 7.91. The van der Waals surface area contributed by atoms with E-state index in [9.17, 15) is 19.2 Å². The molecule has 0 rings (SSSR count). The molecule has 21 heavy (non-hydrogen) atoms. The highest BCUT2D eigenvalue weighted by molar-refractivity contribution is 5.83. The van der Waals surface area contributed by atoms with E-state index in [0.29, 0.717) is 19.3 Å². The van der Waals surface area contributed by atoms with Crippen molar-refractivity contribution in [2.45, 2.75) is 45.2 Å². The lowest BCUT2D eigenvalue weighted by Gasteiger charge is -2.18. The van der Waals surface area contributed by atoms with E-state index in [2.05, 4.69) is 20.1 Å². The molecule has 0 spiro atoms. The van der Waals surface area contributed by atoms with Crippen LogP contribution >= 0.6 is 0 Å². The van der Waals surface area contributed by atoms with Crippen molar-refractivity contribution in [3.8, 4) is 0 Å². The molecule has 0 aromatic heterocycles. The van der Waals surface area contributed by atoms with E-state index >= 15 is 0 Å². The van der Waals surface area contributed by atoms with Gasteiger partial charge in [0.05, 0.1) is 14.2 Å². The molecular formula is C13H22N2O6. The summed E-state index contributed by atoms with van der Waals surface area (Å²) in [7, 11) is 2.46. The van der Waals surface area contributed by atoms with Crippen molar-refractivity contribution in [1.82, 2.24) is 10.6 Å². The molecule has 0 aromatic carbocycles. The molecule has 0 aliphatic heterocycles. The Morgan fingerprint density at radius 3 is 1.38 bits per heavy atom. The van der Waals surface area contributed by atoms with Gasteiger partial charge in [-0.15, -0.1) is 0 Å². The lowest BCUT2D eigenvalue weighted by molar-refractivity contribution is -0.145. The van der Waals surface area contributed by atoms with Crippen LogP contribution in [0.25, 0.3) is 0 Å². The third-order valence-corrected chi connectivity index (χ3v) is 2.71. The highest BCUT2D eigenvalue weighted by Gasteiger charge is 2.23. The van der Waals surface area contributed by atoms with Gasteiger partial charge in [0, 0.05) is 13.8 Å². The largest absolute Gasteiger partial charge is 0.467 e. The fourth-order valence-corrected chi connectivity index (χ4v) is 1.80. The first-order chi connectivity index (χ1) is 9.81. The van der Waals surface area contributed by atoms with Crippen LogP contribution < -0.4 is 10.6 Å². The summed E-state index contributed by atoms with van der Waals surface area (Å²) in [6, 6.07) is -1.55. The Kier molecular flexibility index (Phi) is 8.75. The summed E-state index contributed by atoms with van der Waals surface area (Å²) in [6.07, 6.45) is 0.999. The monoisotopic (exact) mass is 302 g/mol. The van der Waals surface area contributed by atoms with Gasteiger partial charge in [-0.2, -0.15) is 0 Å². The Hall–Kier alpha value is -2.12. The standard InChI is InChI=1S/C13H22N2O6/c1-8(16)14-10(12(18)20-3)6-5-7-11(13(19)21-4)15-9(2)17/h10-11H,5-7H2,1-4H3,(H,14,16)(H,15,17). The van der Waals surface area contributed by atoms with E-state index in [0.717, 1.165) is 0 Å². The van der Waals surface area contributed by atoms with Crippen molar-refractivity contribution in [3.05, 3.63) is 0 Å². The highest BCUT2D eigenvalue weighted by Crippen LogP contribution is 2.07. The maximum Gasteiger partial charge on any atom is 0.328 e. The second-order valence-corrected chi connectivity index (χ2v) is 4.48. The van der Waals surface area contributed by atoms with Crippen LogP contribution in [0.4, 0.5) is 0 Å². The minimum Gasteiger partial charge on any atom is -0.467 e. The predicted molar refractivity (Wildman–Crippen MR) is 73.1 cm³/mol. The number of esters is 2. The zero-order chi connectivity index (χ0) is 16.4. The summed E-state index contributed by atoms with van der Waals surface area (Å²) in [4.78, 5) is 45.0. The van der Waals surface area contributed by atoms with Crippen molar-refractivity contribution in [1.29, 1.82) is 0 Å². The molecule has 0 radical (unpaired) electrons. The minimum absolute atomic E-state index is 0.291. The average Bonchev–Trinajstić information content (AvgIpc) is 2.42. The Morgan fingerprint density at radius 1 is 0.810 bits per heavy atom. The van der Waals surface area contributed by atoms with Gasteiger partial charge in [0.15, 0.2) is 0 Å². The number of hydrogen-bond acceptors (Lipinski definition) is 6. The molecule has 0 aromatic rings. The fraction of sp³-hybridized carbons (Fsp3) is 0.692. The molecule has 0 saturated heterocycles. The van der Waals surface area contributed by atoms with Gasteiger partial charge < -0.3 is 20.1 Å². The molecular weight excluding hydrogens is 280 g/mol. The number of nitrogens with one attached hydrogen (secondary N) is 2. The van der Waals surface area contributed by atoms with Crippen LogP contribution in [-0.4, -0.2) is 50.1 Å². The summed E-state index contributed by atoms with van der Waals surface area (Å²) in [5, 5.41) is 4.94. The molecule has 0 bridgehead atoms. The van der Waals surface area contributed by atoms with Crippen LogP contribution in [0, 0.1) is 0 Å². The van der Waals surface area contributed by atoms with Crippen LogP contribution in [0.5, 0.6) is 0 Å². The van der Waals surface area contributed by atoms with Gasteiger partial charge in [-0.05, 0) is 19.3 Å². The topological polar surface area (TPSA) is 111 Å². The molecule has 120 valence electrons. The van der Waals surface area contributed by atoms with Gasteiger partial charge >= 0.3 is 11.9 Å². The van der Waals surface area contributed by atoms with Crippen molar-refractivity contribution in [2.75, 3.05) is 14.2 Å². The van der Waals surface area contributed by atoms with E-state index in [1.807, 2.05) is 0 Å². The molecule has 0 heterocycles. The zero-order valence-corrected chi connectivity index (χ0v) is 12.7. The fourth-order valence-electron chi connectivity index (χ4n) is 1.80. The van der Waals surface area contributed by atoms with Gasteiger partial charge in [0.2, 0.25) is 11.8 Å². The van der Waals surface area contributed by atoms with E-state index in [1.165, 1.54) is 28.1 Å².